The van der Waals surface area contributed by atoms with Gasteiger partial charge in [0.05, 0.1) is 23.1 Å². The van der Waals surface area contributed by atoms with Crippen molar-refractivity contribution in [1.82, 2.24) is 9.55 Å². The van der Waals surface area contributed by atoms with Gasteiger partial charge in [-0.1, -0.05) is 12.1 Å². The fourth-order valence-electron chi connectivity index (χ4n) is 3.14. The highest BCUT2D eigenvalue weighted by atomic mass is 16.5. The van der Waals surface area contributed by atoms with Crippen molar-refractivity contribution in [2.45, 2.75) is 39.8 Å². The topological polar surface area (TPSA) is 116 Å². The van der Waals surface area contributed by atoms with Crippen LogP contribution >= 0.6 is 0 Å². The lowest BCUT2D eigenvalue weighted by molar-refractivity contribution is -0.147. The van der Waals surface area contributed by atoms with Crippen LogP contribution in [0.15, 0.2) is 48.5 Å². The number of para-hydroxylation sites is 2. The van der Waals surface area contributed by atoms with Crippen molar-refractivity contribution in [3.8, 4) is 17.1 Å². The minimum absolute atomic E-state index is 0. The van der Waals surface area contributed by atoms with Crippen LogP contribution < -0.4 is 4.74 Å². The predicted molar refractivity (Wildman–Crippen MR) is 112 cm³/mol. The Morgan fingerprint density at radius 1 is 1.17 bits per heavy atom. The molecule has 2 aromatic carbocycles. The average Bonchev–Trinajstić information content (AvgIpc) is 3.05. The van der Waals surface area contributed by atoms with Crippen LogP contribution in [-0.4, -0.2) is 37.8 Å². The van der Waals surface area contributed by atoms with E-state index in [9.17, 15) is 9.90 Å². The third-order valence-corrected chi connectivity index (χ3v) is 4.88. The van der Waals surface area contributed by atoms with E-state index in [0.717, 1.165) is 22.3 Å². The number of fused-ring (bicyclic) bond motifs is 1. The Labute approximate surface area is 169 Å². The van der Waals surface area contributed by atoms with Crippen molar-refractivity contribution in [3.05, 3.63) is 48.5 Å². The molecule has 29 heavy (non-hydrogen) atoms. The zero-order valence-electron chi connectivity index (χ0n) is 16.9. The Balaban J connectivity index is 0.00000300. The van der Waals surface area contributed by atoms with Crippen LogP contribution in [-0.2, 0) is 4.79 Å². The van der Waals surface area contributed by atoms with Gasteiger partial charge in [-0.3, -0.25) is 9.36 Å². The molecule has 7 nitrogen and oxygen atoms in total. The maximum Gasteiger partial charge on any atom is 0.309 e. The number of imidazole rings is 1. The van der Waals surface area contributed by atoms with Crippen LogP contribution in [0.25, 0.3) is 22.4 Å². The van der Waals surface area contributed by atoms with Crippen LogP contribution in [0.5, 0.6) is 5.75 Å². The molecule has 0 radical (unpaired) electrons. The second-order valence-corrected chi connectivity index (χ2v) is 7.59. The van der Waals surface area contributed by atoms with Gasteiger partial charge in [0.1, 0.15) is 17.8 Å². The molecule has 0 aliphatic carbocycles. The molecule has 0 spiro atoms. The number of nitrogens with zero attached hydrogens (tertiary/aromatic N) is 2. The highest BCUT2D eigenvalue weighted by Crippen LogP contribution is 2.29. The highest BCUT2D eigenvalue weighted by Gasteiger charge is 2.26. The molecular formula is C22H28N2O5. The van der Waals surface area contributed by atoms with Gasteiger partial charge >= 0.3 is 5.97 Å². The number of aliphatic hydroxyl groups is 1. The number of hydrogen-bond acceptors (Lipinski definition) is 4. The quantitative estimate of drug-likeness (QED) is 0.560. The smallest absolute Gasteiger partial charge is 0.309 e. The zero-order chi connectivity index (χ0) is 20.3. The van der Waals surface area contributed by atoms with E-state index in [-0.39, 0.29) is 5.48 Å². The van der Waals surface area contributed by atoms with E-state index in [1.165, 1.54) is 0 Å². The van der Waals surface area contributed by atoms with Crippen LogP contribution in [0.3, 0.4) is 0 Å². The summed E-state index contributed by atoms with van der Waals surface area (Å²) in [7, 11) is 0. The van der Waals surface area contributed by atoms with Crippen LogP contribution in [0.4, 0.5) is 0 Å². The first-order valence-electron chi connectivity index (χ1n) is 9.41. The summed E-state index contributed by atoms with van der Waals surface area (Å²) in [5.74, 6) is 0.625. The molecular weight excluding hydrogens is 372 g/mol. The molecule has 1 atom stereocenters. The van der Waals surface area contributed by atoms with Gasteiger partial charge in [-0.05, 0) is 70.0 Å². The molecule has 0 amide bonds. The molecule has 1 unspecified atom stereocenters. The minimum atomic E-state index is -0.794. The average molecular weight is 400 g/mol. The van der Waals surface area contributed by atoms with Crippen LogP contribution in [0.2, 0.25) is 0 Å². The van der Waals surface area contributed by atoms with Crippen molar-refractivity contribution in [2.24, 2.45) is 5.41 Å². The molecule has 3 rings (SSSR count). The maximum atomic E-state index is 11.1. The molecule has 1 aromatic heterocycles. The van der Waals surface area contributed by atoms with Crippen LogP contribution in [0, 0.1) is 5.41 Å². The first kappa shape index (κ1) is 22.4. The van der Waals surface area contributed by atoms with E-state index in [1.807, 2.05) is 48.5 Å². The molecule has 7 heteroatoms. The molecule has 156 valence electrons. The van der Waals surface area contributed by atoms with E-state index in [0.29, 0.717) is 25.3 Å². The summed E-state index contributed by atoms with van der Waals surface area (Å²) in [5, 5.41) is 19.4. The number of rotatable bonds is 8. The lowest BCUT2D eigenvalue weighted by atomic mass is 9.88. The van der Waals surface area contributed by atoms with E-state index < -0.39 is 17.6 Å². The van der Waals surface area contributed by atoms with Crippen molar-refractivity contribution < 1.29 is 25.2 Å². The van der Waals surface area contributed by atoms with Gasteiger partial charge in [-0.2, -0.15) is 0 Å². The van der Waals surface area contributed by atoms with Crippen molar-refractivity contribution in [1.29, 1.82) is 0 Å². The van der Waals surface area contributed by atoms with Crippen molar-refractivity contribution >= 4 is 17.0 Å². The summed E-state index contributed by atoms with van der Waals surface area (Å²) in [4.78, 5) is 15.8. The van der Waals surface area contributed by atoms with Gasteiger partial charge in [-0.15, -0.1) is 0 Å². The first-order chi connectivity index (χ1) is 13.3. The maximum absolute atomic E-state index is 11.1. The molecule has 1 heterocycles. The van der Waals surface area contributed by atoms with Crippen LogP contribution in [0.1, 0.15) is 39.8 Å². The lowest BCUT2D eigenvalue weighted by Crippen LogP contribution is -2.24. The Kier molecular flexibility index (Phi) is 7.00. The van der Waals surface area contributed by atoms with E-state index in [1.54, 1.807) is 25.3 Å². The predicted octanol–water partition coefficient (Wildman–Crippen LogP) is 3.66. The summed E-state index contributed by atoms with van der Waals surface area (Å²) in [6.07, 6.45) is 0.522. The molecule has 0 fully saturated rings. The number of carbonyl (C=O) groups is 1. The molecule has 0 saturated heterocycles. The number of carboxylic acid groups (broad SMARTS) is 1. The fourth-order valence-corrected chi connectivity index (χ4v) is 3.14. The molecule has 0 aliphatic rings. The SMILES string of the molecule is CC(O)n1c(-c2ccc(OCCCC(C)(C)C(=O)O)cc2)nc2ccccc21.O. The van der Waals surface area contributed by atoms with E-state index in [2.05, 4.69) is 4.98 Å². The highest BCUT2D eigenvalue weighted by molar-refractivity contribution is 5.80. The number of aromatic nitrogens is 2. The van der Waals surface area contributed by atoms with E-state index >= 15 is 0 Å². The number of hydrogen-bond donors (Lipinski definition) is 2. The number of benzene rings is 2. The number of carboxylic acids is 1. The van der Waals surface area contributed by atoms with Gasteiger partial charge in [0.15, 0.2) is 0 Å². The summed E-state index contributed by atoms with van der Waals surface area (Å²) in [5.41, 5.74) is 1.86. The third kappa shape index (κ3) is 4.93. The fraction of sp³-hybridized carbons (Fsp3) is 0.364. The standard InChI is InChI=1S/C22H26N2O4.H2O/c1-15(25)24-19-8-5-4-7-18(19)23-20(24)16-9-11-17(12-10-16)28-14-6-13-22(2,3)21(26)27;/h4-5,7-12,15,25H,6,13-14H2,1-3H3,(H,26,27);1H2. The normalized spacial score (nSPS) is 12.4. The van der Waals surface area contributed by atoms with E-state index in [4.69, 9.17) is 9.84 Å². The second-order valence-electron chi connectivity index (χ2n) is 7.59. The Morgan fingerprint density at radius 2 is 1.83 bits per heavy atom. The number of aliphatic hydroxyl groups excluding tert-OH is 1. The molecule has 0 aliphatic heterocycles. The monoisotopic (exact) mass is 400 g/mol. The van der Waals surface area contributed by atoms with Crippen molar-refractivity contribution in [2.75, 3.05) is 6.61 Å². The zero-order valence-corrected chi connectivity index (χ0v) is 16.9. The summed E-state index contributed by atoms with van der Waals surface area (Å²) >= 11 is 0. The Bertz CT molecular complexity index is 961. The largest absolute Gasteiger partial charge is 0.494 e. The van der Waals surface area contributed by atoms with Gasteiger partial charge in [-0.25, -0.2) is 4.98 Å². The minimum Gasteiger partial charge on any atom is -0.494 e. The Hall–Kier alpha value is -2.90. The number of ether oxygens (including phenoxy) is 1. The lowest BCUT2D eigenvalue weighted by Gasteiger charge is -2.18. The Morgan fingerprint density at radius 3 is 2.45 bits per heavy atom. The summed E-state index contributed by atoms with van der Waals surface area (Å²) in [6.45, 7) is 5.62. The van der Waals surface area contributed by atoms with Gasteiger partial charge in [0.2, 0.25) is 0 Å². The van der Waals surface area contributed by atoms with Crippen molar-refractivity contribution in [3.63, 3.8) is 0 Å². The summed E-state index contributed by atoms with van der Waals surface area (Å²) in [6, 6.07) is 15.3. The summed E-state index contributed by atoms with van der Waals surface area (Å²) < 4.78 is 7.54. The van der Waals surface area contributed by atoms with Gasteiger partial charge in [0, 0.05) is 5.56 Å². The van der Waals surface area contributed by atoms with Gasteiger partial charge in [0.25, 0.3) is 0 Å². The van der Waals surface area contributed by atoms with Gasteiger partial charge < -0.3 is 20.4 Å². The number of aliphatic carboxylic acids is 1. The first-order valence-corrected chi connectivity index (χ1v) is 9.41. The second kappa shape index (κ2) is 9.07. The molecule has 0 bridgehead atoms. The molecule has 4 N–H and O–H groups in total. The molecule has 0 saturated carbocycles. The third-order valence-electron chi connectivity index (χ3n) is 4.88. The molecule has 3 aromatic rings.